The third-order valence-electron chi connectivity index (χ3n) is 3.87. The Morgan fingerprint density at radius 3 is 2.38 bits per heavy atom. The number of hydrogen-bond acceptors (Lipinski definition) is 2. The lowest BCUT2D eigenvalue weighted by Gasteiger charge is -2.16. The predicted molar refractivity (Wildman–Crippen MR) is 83.8 cm³/mol. The summed E-state index contributed by atoms with van der Waals surface area (Å²) in [7, 11) is 0. The molecule has 0 aliphatic carbocycles. The Balaban J connectivity index is 2.27. The average Bonchev–Trinajstić information content (AvgIpc) is 2.48. The van der Waals surface area contributed by atoms with Crippen LogP contribution < -0.4 is 11.3 Å². The van der Waals surface area contributed by atoms with Gasteiger partial charge in [0.1, 0.15) is 11.6 Å². The molecule has 120 valence electrons. The van der Waals surface area contributed by atoms with Crippen LogP contribution >= 0.6 is 0 Å². The topological polar surface area (TPSA) is 38.0 Å². The van der Waals surface area contributed by atoms with Crippen molar-refractivity contribution in [3.05, 3.63) is 35.4 Å². The van der Waals surface area contributed by atoms with Crippen molar-refractivity contribution in [1.82, 2.24) is 5.43 Å². The molecule has 1 atom stereocenters. The highest BCUT2D eigenvalue weighted by Gasteiger charge is 2.11. The molecule has 0 radical (unpaired) electrons. The molecule has 0 saturated carbocycles. The quantitative estimate of drug-likeness (QED) is 0.359. The van der Waals surface area contributed by atoms with E-state index in [0.717, 1.165) is 18.9 Å². The van der Waals surface area contributed by atoms with Crippen molar-refractivity contribution in [3.8, 4) is 0 Å². The summed E-state index contributed by atoms with van der Waals surface area (Å²) in [5.74, 6) is 4.75. The van der Waals surface area contributed by atoms with Crippen molar-refractivity contribution < 1.29 is 8.78 Å². The largest absolute Gasteiger partial charge is 0.271 e. The number of hydrogen-bond donors (Lipinski definition) is 2. The minimum Gasteiger partial charge on any atom is -0.271 e. The molecule has 1 aromatic carbocycles. The molecule has 3 N–H and O–H groups in total. The predicted octanol–water partition coefficient (Wildman–Crippen LogP) is 4.48. The van der Waals surface area contributed by atoms with Crippen LogP contribution in [0.1, 0.15) is 63.9 Å². The number of unbranched alkanes of at least 4 members (excludes halogenated alkanes) is 6. The smallest absolute Gasteiger partial charge is 0.126 e. The summed E-state index contributed by atoms with van der Waals surface area (Å²) >= 11 is 0. The molecule has 0 aromatic heterocycles. The van der Waals surface area contributed by atoms with Crippen LogP contribution in [-0.2, 0) is 6.42 Å². The molecule has 2 nitrogen and oxygen atoms in total. The minimum atomic E-state index is -0.405. The van der Waals surface area contributed by atoms with E-state index < -0.39 is 5.82 Å². The van der Waals surface area contributed by atoms with Gasteiger partial charge in [-0.05, 0) is 36.6 Å². The maximum atomic E-state index is 13.6. The second kappa shape index (κ2) is 10.7. The molecule has 0 aliphatic heterocycles. The fraction of sp³-hybridized carbons (Fsp3) is 0.647. The second-order valence-electron chi connectivity index (χ2n) is 5.71. The van der Waals surface area contributed by atoms with Crippen LogP contribution in [0.5, 0.6) is 0 Å². The molecule has 21 heavy (non-hydrogen) atoms. The van der Waals surface area contributed by atoms with Crippen LogP contribution in [0.2, 0.25) is 0 Å². The van der Waals surface area contributed by atoms with Gasteiger partial charge in [0.05, 0.1) is 0 Å². The van der Waals surface area contributed by atoms with E-state index in [1.165, 1.54) is 50.7 Å². The summed E-state index contributed by atoms with van der Waals surface area (Å²) in [5, 5.41) is 0. The number of halogens is 2. The highest BCUT2D eigenvalue weighted by molar-refractivity contribution is 5.19. The van der Waals surface area contributed by atoms with Crippen LogP contribution in [0.3, 0.4) is 0 Å². The Labute approximate surface area is 127 Å². The van der Waals surface area contributed by atoms with Gasteiger partial charge in [0.15, 0.2) is 0 Å². The molecule has 0 fully saturated rings. The fourth-order valence-corrected chi connectivity index (χ4v) is 2.56. The van der Waals surface area contributed by atoms with E-state index in [1.54, 1.807) is 0 Å². The highest BCUT2D eigenvalue weighted by Crippen LogP contribution is 2.15. The van der Waals surface area contributed by atoms with Gasteiger partial charge in [-0.1, -0.05) is 51.9 Å². The van der Waals surface area contributed by atoms with E-state index in [9.17, 15) is 8.78 Å². The van der Waals surface area contributed by atoms with Crippen molar-refractivity contribution in [2.45, 2.75) is 70.8 Å². The third kappa shape index (κ3) is 7.53. The maximum absolute atomic E-state index is 13.6. The highest BCUT2D eigenvalue weighted by atomic mass is 19.1. The first-order valence-corrected chi connectivity index (χ1v) is 8.07. The molecule has 0 heterocycles. The number of rotatable bonds is 11. The zero-order valence-electron chi connectivity index (χ0n) is 13.0. The fourth-order valence-electron chi connectivity index (χ4n) is 2.56. The van der Waals surface area contributed by atoms with Gasteiger partial charge in [0, 0.05) is 6.04 Å². The van der Waals surface area contributed by atoms with Crippen LogP contribution in [-0.4, -0.2) is 6.04 Å². The molecular formula is C17H28F2N2. The molecule has 1 unspecified atom stereocenters. The average molecular weight is 298 g/mol. The summed E-state index contributed by atoms with van der Waals surface area (Å²) in [6.07, 6.45) is 9.97. The molecule has 1 aromatic rings. The minimum absolute atomic E-state index is 0.00283. The Hall–Kier alpha value is -1.00. The van der Waals surface area contributed by atoms with Gasteiger partial charge in [-0.3, -0.25) is 11.3 Å². The Morgan fingerprint density at radius 1 is 1.05 bits per heavy atom. The van der Waals surface area contributed by atoms with Gasteiger partial charge in [-0.15, -0.1) is 0 Å². The molecule has 4 heteroatoms. The van der Waals surface area contributed by atoms with Crippen LogP contribution in [0, 0.1) is 11.6 Å². The lowest BCUT2D eigenvalue weighted by molar-refractivity contribution is 0.450. The molecule has 0 spiro atoms. The zero-order valence-corrected chi connectivity index (χ0v) is 13.0. The molecule has 0 aliphatic rings. The van der Waals surface area contributed by atoms with Gasteiger partial charge in [0.2, 0.25) is 0 Å². The Kier molecular flexibility index (Phi) is 9.19. The molecule has 0 bridgehead atoms. The Bertz CT molecular complexity index is 396. The van der Waals surface area contributed by atoms with Crippen LogP contribution in [0.15, 0.2) is 18.2 Å². The summed E-state index contributed by atoms with van der Waals surface area (Å²) < 4.78 is 26.7. The monoisotopic (exact) mass is 298 g/mol. The standard InChI is InChI=1S/C17H28F2N2/c1-2-3-4-5-6-7-8-9-16(21-20)13-14-12-15(18)10-11-17(14)19/h10-12,16,21H,2-9,13,20H2,1H3. The number of nitrogens with two attached hydrogens (primary N) is 1. The normalized spacial score (nSPS) is 12.6. The van der Waals surface area contributed by atoms with Gasteiger partial charge >= 0.3 is 0 Å². The maximum Gasteiger partial charge on any atom is 0.126 e. The first kappa shape index (κ1) is 18.1. The molecule has 1 rings (SSSR count). The molecular weight excluding hydrogens is 270 g/mol. The Morgan fingerprint density at radius 2 is 1.71 bits per heavy atom. The summed E-state index contributed by atoms with van der Waals surface area (Å²) in [6, 6.07) is 3.56. The molecule has 0 amide bonds. The zero-order chi connectivity index (χ0) is 15.5. The van der Waals surface area contributed by atoms with Crippen molar-refractivity contribution in [2.24, 2.45) is 5.84 Å². The first-order chi connectivity index (χ1) is 10.2. The van der Waals surface area contributed by atoms with E-state index >= 15 is 0 Å². The first-order valence-electron chi connectivity index (χ1n) is 8.07. The summed E-state index contributed by atoms with van der Waals surface area (Å²) in [5.41, 5.74) is 3.11. The lowest BCUT2D eigenvalue weighted by atomic mass is 9.99. The number of benzene rings is 1. The van der Waals surface area contributed by atoms with E-state index in [-0.39, 0.29) is 11.9 Å². The van der Waals surface area contributed by atoms with Gasteiger partial charge in [-0.2, -0.15) is 0 Å². The van der Waals surface area contributed by atoms with Crippen molar-refractivity contribution in [2.75, 3.05) is 0 Å². The van der Waals surface area contributed by atoms with E-state index in [1.807, 2.05) is 0 Å². The van der Waals surface area contributed by atoms with E-state index in [4.69, 9.17) is 5.84 Å². The summed E-state index contributed by atoms with van der Waals surface area (Å²) in [6.45, 7) is 2.21. The second-order valence-corrected chi connectivity index (χ2v) is 5.71. The van der Waals surface area contributed by atoms with Crippen molar-refractivity contribution in [1.29, 1.82) is 0 Å². The lowest BCUT2D eigenvalue weighted by Crippen LogP contribution is -2.37. The van der Waals surface area contributed by atoms with Crippen LogP contribution in [0.4, 0.5) is 8.78 Å². The van der Waals surface area contributed by atoms with E-state index in [0.29, 0.717) is 12.0 Å². The third-order valence-corrected chi connectivity index (χ3v) is 3.87. The molecule has 0 saturated heterocycles. The number of hydrazine groups is 1. The van der Waals surface area contributed by atoms with Crippen molar-refractivity contribution >= 4 is 0 Å². The number of nitrogens with one attached hydrogen (secondary N) is 1. The van der Waals surface area contributed by atoms with Gasteiger partial charge in [0.25, 0.3) is 0 Å². The van der Waals surface area contributed by atoms with Crippen molar-refractivity contribution in [3.63, 3.8) is 0 Å². The van der Waals surface area contributed by atoms with Gasteiger partial charge < -0.3 is 0 Å². The SMILES string of the molecule is CCCCCCCCCC(Cc1cc(F)ccc1F)NN. The van der Waals surface area contributed by atoms with Gasteiger partial charge in [-0.25, -0.2) is 8.78 Å². The van der Waals surface area contributed by atoms with E-state index in [2.05, 4.69) is 12.3 Å². The summed E-state index contributed by atoms with van der Waals surface area (Å²) in [4.78, 5) is 0. The van der Waals surface area contributed by atoms with Crippen LogP contribution in [0.25, 0.3) is 0 Å².